The molecule has 0 aliphatic rings. The topological polar surface area (TPSA) is 90.8 Å². The standard InChI is InChI=1S/C18H25N3O3/c1-13(2)6-4-7-14(3)10-11-19-20-17(22)15-8-5-9-16(12-15)18(23)21-24/h5-6,8-9,11-12,14,24H,4,7,10H2,1-3H3,(H,20,22)(H,21,23)/b19-11+/t14-/m0/s1. The zero-order valence-corrected chi connectivity index (χ0v) is 14.4. The fourth-order valence-corrected chi connectivity index (χ4v) is 2.04. The van der Waals surface area contributed by atoms with Crippen LogP contribution in [0.3, 0.4) is 0 Å². The van der Waals surface area contributed by atoms with Crippen LogP contribution < -0.4 is 10.9 Å². The number of hydroxylamine groups is 1. The van der Waals surface area contributed by atoms with E-state index in [0.717, 1.165) is 19.3 Å². The average molecular weight is 331 g/mol. The van der Waals surface area contributed by atoms with E-state index >= 15 is 0 Å². The molecule has 0 saturated carbocycles. The third-order valence-electron chi connectivity index (χ3n) is 3.47. The first-order valence-electron chi connectivity index (χ1n) is 7.93. The highest BCUT2D eigenvalue weighted by molar-refractivity contribution is 5.99. The van der Waals surface area contributed by atoms with E-state index in [9.17, 15) is 9.59 Å². The predicted molar refractivity (Wildman–Crippen MR) is 94.1 cm³/mol. The van der Waals surface area contributed by atoms with E-state index in [1.807, 2.05) is 0 Å². The summed E-state index contributed by atoms with van der Waals surface area (Å²) in [5, 5.41) is 12.5. The molecule has 1 atom stereocenters. The van der Waals surface area contributed by atoms with Gasteiger partial charge in [0.15, 0.2) is 0 Å². The Labute approximate surface area is 142 Å². The minimum absolute atomic E-state index is 0.196. The third-order valence-corrected chi connectivity index (χ3v) is 3.47. The highest BCUT2D eigenvalue weighted by Gasteiger charge is 2.09. The summed E-state index contributed by atoms with van der Waals surface area (Å²) in [6.45, 7) is 6.31. The van der Waals surface area contributed by atoms with E-state index in [4.69, 9.17) is 5.21 Å². The van der Waals surface area contributed by atoms with Gasteiger partial charge < -0.3 is 0 Å². The summed E-state index contributed by atoms with van der Waals surface area (Å²) >= 11 is 0. The first-order chi connectivity index (χ1) is 11.4. The van der Waals surface area contributed by atoms with Crippen molar-refractivity contribution in [2.45, 2.75) is 40.0 Å². The summed E-state index contributed by atoms with van der Waals surface area (Å²) < 4.78 is 0. The molecule has 1 aromatic rings. The SMILES string of the molecule is CC(C)=CCC[C@H](C)C/C=N/NC(=O)c1cccc(C(=O)NO)c1. The number of allylic oxidation sites excluding steroid dienone is 2. The quantitative estimate of drug-likeness (QED) is 0.295. The van der Waals surface area contributed by atoms with Crippen molar-refractivity contribution in [2.24, 2.45) is 11.0 Å². The van der Waals surface area contributed by atoms with E-state index in [-0.39, 0.29) is 5.56 Å². The van der Waals surface area contributed by atoms with Crippen LogP contribution >= 0.6 is 0 Å². The molecule has 3 N–H and O–H groups in total. The number of carbonyl (C=O) groups is 2. The monoisotopic (exact) mass is 331 g/mol. The highest BCUT2D eigenvalue weighted by atomic mass is 16.5. The molecular formula is C18H25N3O3. The second-order valence-electron chi connectivity index (χ2n) is 5.97. The van der Waals surface area contributed by atoms with Gasteiger partial charge in [-0.15, -0.1) is 0 Å². The number of nitrogens with one attached hydrogen (secondary N) is 2. The molecule has 6 heteroatoms. The second-order valence-corrected chi connectivity index (χ2v) is 5.97. The first-order valence-corrected chi connectivity index (χ1v) is 7.93. The van der Waals surface area contributed by atoms with Crippen LogP contribution in [-0.2, 0) is 0 Å². The molecule has 0 unspecified atom stereocenters. The number of hydrazone groups is 1. The Balaban J connectivity index is 2.45. The van der Waals surface area contributed by atoms with Crippen molar-refractivity contribution in [3.63, 3.8) is 0 Å². The van der Waals surface area contributed by atoms with Crippen LogP contribution in [0.4, 0.5) is 0 Å². The highest BCUT2D eigenvalue weighted by Crippen LogP contribution is 2.10. The summed E-state index contributed by atoms with van der Waals surface area (Å²) in [5.74, 6) is -0.591. The van der Waals surface area contributed by atoms with Crippen molar-refractivity contribution in [3.05, 3.63) is 47.0 Å². The van der Waals surface area contributed by atoms with Crippen molar-refractivity contribution in [2.75, 3.05) is 0 Å². The lowest BCUT2D eigenvalue weighted by molar-refractivity contribution is 0.0706. The van der Waals surface area contributed by atoms with Crippen molar-refractivity contribution in [1.82, 2.24) is 10.9 Å². The fourth-order valence-electron chi connectivity index (χ4n) is 2.04. The molecule has 0 saturated heterocycles. The lowest BCUT2D eigenvalue weighted by Gasteiger charge is -2.06. The molecule has 0 heterocycles. The number of benzene rings is 1. The number of amides is 2. The Hall–Kier alpha value is -2.47. The van der Waals surface area contributed by atoms with Crippen molar-refractivity contribution < 1.29 is 14.8 Å². The lowest BCUT2D eigenvalue weighted by atomic mass is 10.0. The third kappa shape index (κ3) is 7.19. The summed E-state index contributed by atoms with van der Waals surface area (Å²) in [5.41, 5.74) is 5.78. The van der Waals surface area contributed by atoms with E-state index in [0.29, 0.717) is 11.5 Å². The fraction of sp³-hybridized carbons (Fsp3) is 0.389. The molecular weight excluding hydrogens is 306 g/mol. The Morgan fingerprint density at radius 3 is 2.54 bits per heavy atom. The Morgan fingerprint density at radius 1 is 1.25 bits per heavy atom. The Morgan fingerprint density at radius 2 is 1.92 bits per heavy atom. The molecule has 6 nitrogen and oxygen atoms in total. The van der Waals surface area contributed by atoms with Crippen LogP contribution in [0.5, 0.6) is 0 Å². The second kappa shape index (κ2) is 10.3. The minimum atomic E-state index is -0.668. The zero-order valence-electron chi connectivity index (χ0n) is 14.4. The van der Waals surface area contributed by atoms with Crippen LogP contribution in [0.15, 0.2) is 41.0 Å². The molecule has 2 amide bonds. The molecule has 1 aromatic carbocycles. The zero-order chi connectivity index (χ0) is 17.9. The first kappa shape index (κ1) is 19.6. The van der Waals surface area contributed by atoms with Crippen molar-refractivity contribution in [1.29, 1.82) is 0 Å². The van der Waals surface area contributed by atoms with Crippen LogP contribution in [0.25, 0.3) is 0 Å². The van der Waals surface area contributed by atoms with Crippen LogP contribution in [0, 0.1) is 5.92 Å². The van der Waals surface area contributed by atoms with Gasteiger partial charge in [-0.3, -0.25) is 14.8 Å². The number of hydrogen-bond donors (Lipinski definition) is 3. The summed E-state index contributed by atoms with van der Waals surface area (Å²) in [6.07, 6.45) is 6.80. The van der Waals surface area contributed by atoms with E-state index in [1.54, 1.807) is 18.3 Å². The Kier molecular flexibility index (Phi) is 8.43. The van der Waals surface area contributed by atoms with E-state index in [1.165, 1.54) is 23.2 Å². The number of rotatable bonds is 8. The maximum absolute atomic E-state index is 12.0. The molecule has 0 spiro atoms. The maximum atomic E-state index is 12.0. The largest absolute Gasteiger partial charge is 0.288 e. The van der Waals surface area contributed by atoms with E-state index in [2.05, 4.69) is 37.4 Å². The lowest BCUT2D eigenvalue weighted by Crippen LogP contribution is -2.21. The molecule has 1 rings (SSSR count). The van der Waals surface area contributed by atoms with Gasteiger partial charge >= 0.3 is 0 Å². The summed E-state index contributed by atoms with van der Waals surface area (Å²) in [7, 11) is 0. The predicted octanol–water partition coefficient (Wildman–Crippen LogP) is 3.29. The molecule has 0 aromatic heterocycles. The van der Waals surface area contributed by atoms with Gasteiger partial charge in [0.05, 0.1) is 0 Å². The number of hydrogen-bond acceptors (Lipinski definition) is 4. The molecule has 0 bridgehead atoms. The van der Waals surface area contributed by atoms with Gasteiger partial charge in [-0.1, -0.05) is 24.6 Å². The molecule has 24 heavy (non-hydrogen) atoms. The van der Waals surface area contributed by atoms with Gasteiger partial charge in [-0.25, -0.2) is 10.9 Å². The van der Waals surface area contributed by atoms with Gasteiger partial charge in [0.1, 0.15) is 0 Å². The van der Waals surface area contributed by atoms with Gasteiger partial charge in [-0.2, -0.15) is 5.10 Å². The van der Waals surface area contributed by atoms with Gasteiger partial charge in [0.2, 0.25) is 0 Å². The molecule has 130 valence electrons. The van der Waals surface area contributed by atoms with Gasteiger partial charge in [0.25, 0.3) is 11.8 Å². The van der Waals surface area contributed by atoms with E-state index < -0.39 is 11.8 Å². The average Bonchev–Trinajstić information content (AvgIpc) is 2.57. The summed E-state index contributed by atoms with van der Waals surface area (Å²) in [4.78, 5) is 23.3. The van der Waals surface area contributed by atoms with Crippen LogP contribution in [0.2, 0.25) is 0 Å². The molecule has 0 aliphatic heterocycles. The van der Waals surface area contributed by atoms with Crippen molar-refractivity contribution in [3.8, 4) is 0 Å². The minimum Gasteiger partial charge on any atom is -0.288 e. The molecule has 0 aliphatic carbocycles. The van der Waals surface area contributed by atoms with Crippen molar-refractivity contribution >= 4 is 18.0 Å². The summed E-state index contributed by atoms with van der Waals surface area (Å²) in [6, 6.07) is 6.02. The number of carbonyl (C=O) groups excluding carboxylic acids is 2. The van der Waals surface area contributed by atoms with Gasteiger partial charge in [-0.05, 0) is 57.2 Å². The molecule has 0 radical (unpaired) electrons. The normalized spacial score (nSPS) is 11.8. The van der Waals surface area contributed by atoms with Crippen LogP contribution in [-0.4, -0.2) is 23.2 Å². The molecule has 0 fully saturated rings. The van der Waals surface area contributed by atoms with Gasteiger partial charge in [0, 0.05) is 17.3 Å². The van der Waals surface area contributed by atoms with Crippen LogP contribution in [0.1, 0.15) is 60.7 Å². The number of nitrogens with zero attached hydrogens (tertiary/aromatic N) is 1. The smallest absolute Gasteiger partial charge is 0.274 e. The maximum Gasteiger partial charge on any atom is 0.274 e. The Bertz CT molecular complexity index is 620.